The standard InChI is InChI=1S/C54H48N2/c1-4-14-40(15-5-1)55-50-20-10-8-18-44(50)46-28-24-38(34-52(46)55)36-22-26-42-43-27-23-37(33-49(43)54(48(42)32-36)30-12-3-13-31-54)39-25-29-47-45-19-9-11-21-51(45)56(53(47)35-39)41-16-6-2-7-17-41/h1-2,4-11,14-20,22,24,26,28,33-35,48,51H,3,12-13,21,23,25,27,29-32H2. The van der Waals surface area contributed by atoms with Gasteiger partial charge in [-0.3, -0.25) is 0 Å². The number of anilines is 1. The van der Waals surface area contributed by atoms with Gasteiger partial charge in [0.25, 0.3) is 0 Å². The highest BCUT2D eigenvalue weighted by atomic mass is 15.2. The lowest BCUT2D eigenvalue weighted by Gasteiger charge is -2.43. The maximum absolute atomic E-state index is 2.75. The number of fused-ring (bicyclic) bond motifs is 9. The number of rotatable bonds is 4. The SMILES string of the molecule is C1=CCC2C(=C1)C1=C(C=C(C3=CC4=C(CC3)C3=CC=C(c5ccc6c7ccccc7n(-c7ccccc7)c6c5)CC3C43CCCCC3)CC1)N2c1ccccc1. The van der Waals surface area contributed by atoms with E-state index in [0.717, 1.165) is 32.1 Å². The Labute approximate surface area is 330 Å². The third kappa shape index (κ3) is 4.81. The molecule has 274 valence electrons. The predicted molar refractivity (Wildman–Crippen MR) is 234 cm³/mol. The fourth-order valence-corrected chi connectivity index (χ4v) is 12.2. The van der Waals surface area contributed by atoms with Gasteiger partial charge in [0.05, 0.1) is 17.1 Å². The van der Waals surface area contributed by atoms with E-state index in [1.165, 1.54) is 88.5 Å². The van der Waals surface area contributed by atoms with Gasteiger partial charge in [0.2, 0.25) is 0 Å². The predicted octanol–water partition coefficient (Wildman–Crippen LogP) is 13.8. The highest BCUT2D eigenvalue weighted by Gasteiger charge is 2.51. The Morgan fingerprint density at radius 3 is 2.14 bits per heavy atom. The van der Waals surface area contributed by atoms with Crippen molar-refractivity contribution in [3.63, 3.8) is 0 Å². The van der Waals surface area contributed by atoms with Crippen LogP contribution in [-0.2, 0) is 0 Å². The zero-order chi connectivity index (χ0) is 36.8. The molecule has 2 atom stereocenters. The molecule has 0 bridgehead atoms. The molecule has 1 aliphatic heterocycles. The molecule has 2 heteroatoms. The molecular formula is C54H48N2. The van der Waals surface area contributed by atoms with Gasteiger partial charge in [-0.1, -0.05) is 122 Å². The number of aromatic nitrogens is 1. The Morgan fingerprint density at radius 2 is 1.30 bits per heavy atom. The van der Waals surface area contributed by atoms with Crippen molar-refractivity contribution in [3.8, 4) is 5.69 Å². The fraction of sp³-hybridized carbons (Fsp3) is 0.259. The summed E-state index contributed by atoms with van der Waals surface area (Å²) in [6, 6.07) is 38.6. The van der Waals surface area contributed by atoms with E-state index >= 15 is 0 Å². The number of nitrogens with zero attached hydrogens (tertiary/aromatic N) is 2. The third-order valence-electron chi connectivity index (χ3n) is 14.7. The van der Waals surface area contributed by atoms with Crippen LogP contribution >= 0.6 is 0 Å². The molecule has 12 rings (SSSR count). The van der Waals surface area contributed by atoms with Crippen LogP contribution in [0.3, 0.4) is 0 Å². The van der Waals surface area contributed by atoms with Gasteiger partial charge >= 0.3 is 0 Å². The van der Waals surface area contributed by atoms with Crippen LogP contribution in [0.1, 0.15) is 76.2 Å². The van der Waals surface area contributed by atoms with E-state index in [4.69, 9.17) is 0 Å². The van der Waals surface area contributed by atoms with E-state index in [9.17, 15) is 0 Å². The van der Waals surface area contributed by atoms with Crippen LogP contribution in [0.2, 0.25) is 0 Å². The van der Waals surface area contributed by atoms with E-state index in [2.05, 4.69) is 155 Å². The van der Waals surface area contributed by atoms with Gasteiger partial charge in [0, 0.05) is 33.3 Å². The summed E-state index contributed by atoms with van der Waals surface area (Å²) in [5, 5.41) is 2.65. The van der Waals surface area contributed by atoms with E-state index in [1.807, 2.05) is 0 Å². The number of benzene rings is 4. The van der Waals surface area contributed by atoms with Gasteiger partial charge in [0.15, 0.2) is 0 Å². The Kier molecular flexibility index (Phi) is 7.41. The summed E-state index contributed by atoms with van der Waals surface area (Å²) >= 11 is 0. The molecule has 0 saturated heterocycles. The van der Waals surface area contributed by atoms with Crippen LogP contribution in [0.15, 0.2) is 190 Å². The zero-order valence-electron chi connectivity index (χ0n) is 32.2. The molecule has 2 heterocycles. The number of para-hydroxylation sites is 3. The highest BCUT2D eigenvalue weighted by Crippen LogP contribution is 2.64. The van der Waals surface area contributed by atoms with E-state index in [-0.39, 0.29) is 5.41 Å². The van der Waals surface area contributed by atoms with Crippen molar-refractivity contribution in [2.75, 3.05) is 4.90 Å². The molecule has 0 amide bonds. The molecule has 0 N–H and O–H groups in total. The van der Waals surface area contributed by atoms with Crippen LogP contribution < -0.4 is 4.90 Å². The average Bonchev–Trinajstić information content (AvgIpc) is 3.87. The maximum atomic E-state index is 2.75. The molecule has 7 aliphatic rings. The molecule has 5 aromatic rings. The number of hydrogen-bond donors (Lipinski definition) is 0. The summed E-state index contributed by atoms with van der Waals surface area (Å²) in [7, 11) is 0. The lowest BCUT2D eigenvalue weighted by atomic mass is 9.61. The smallest absolute Gasteiger partial charge is 0.0629 e. The molecule has 0 radical (unpaired) electrons. The van der Waals surface area contributed by atoms with Crippen LogP contribution in [0.4, 0.5) is 5.69 Å². The van der Waals surface area contributed by atoms with Gasteiger partial charge in [-0.25, -0.2) is 0 Å². The molecule has 1 spiro atoms. The van der Waals surface area contributed by atoms with Crippen LogP contribution in [-0.4, -0.2) is 10.6 Å². The lowest BCUT2D eigenvalue weighted by molar-refractivity contribution is 0.184. The van der Waals surface area contributed by atoms with Gasteiger partial charge in [-0.05, 0) is 150 Å². The van der Waals surface area contributed by atoms with Gasteiger partial charge < -0.3 is 9.47 Å². The first-order valence-electron chi connectivity index (χ1n) is 21.3. The van der Waals surface area contributed by atoms with E-state index in [0.29, 0.717) is 12.0 Å². The molecular weight excluding hydrogens is 677 g/mol. The Hall–Kier alpha value is -5.60. The van der Waals surface area contributed by atoms with Crippen LogP contribution in [0.25, 0.3) is 33.1 Å². The van der Waals surface area contributed by atoms with E-state index < -0.39 is 0 Å². The third-order valence-corrected chi connectivity index (χ3v) is 14.7. The maximum Gasteiger partial charge on any atom is 0.0629 e. The molecule has 4 aromatic carbocycles. The summed E-state index contributed by atoms with van der Waals surface area (Å²) in [4.78, 5) is 2.65. The minimum absolute atomic E-state index is 0.252. The summed E-state index contributed by atoms with van der Waals surface area (Å²) in [5.41, 5.74) is 21.1. The zero-order valence-corrected chi connectivity index (χ0v) is 32.2. The second-order valence-electron chi connectivity index (χ2n) is 17.3. The minimum Gasteiger partial charge on any atom is -0.333 e. The number of allylic oxidation sites excluding steroid dienone is 12. The molecule has 1 fully saturated rings. The Balaban J connectivity index is 0.928. The average molecular weight is 725 g/mol. The van der Waals surface area contributed by atoms with Gasteiger partial charge in [-0.2, -0.15) is 0 Å². The van der Waals surface area contributed by atoms with Gasteiger partial charge in [0.1, 0.15) is 0 Å². The fourth-order valence-electron chi connectivity index (χ4n) is 12.2. The van der Waals surface area contributed by atoms with Crippen molar-refractivity contribution in [2.24, 2.45) is 11.3 Å². The summed E-state index contributed by atoms with van der Waals surface area (Å²) < 4.78 is 2.47. The first-order chi connectivity index (χ1) is 27.7. The lowest BCUT2D eigenvalue weighted by Crippen LogP contribution is -2.32. The molecule has 1 saturated carbocycles. The molecule has 1 aromatic heterocycles. The van der Waals surface area contributed by atoms with Gasteiger partial charge in [-0.15, -0.1) is 0 Å². The van der Waals surface area contributed by atoms with Crippen molar-refractivity contribution in [1.29, 1.82) is 0 Å². The van der Waals surface area contributed by atoms with E-state index in [1.54, 1.807) is 39.0 Å². The molecule has 6 aliphatic carbocycles. The molecule has 2 nitrogen and oxygen atoms in total. The molecule has 2 unspecified atom stereocenters. The highest BCUT2D eigenvalue weighted by molar-refractivity contribution is 6.10. The topological polar surface area (TPSA) is 8.17 Å². The second-order valence-corrected chi connectivity index (χ2v) is 17.3. The van der Waals surface area contributed by atoms with Crippen molar-refractivity contribution < 1.29 is 0 Å². The largest absolute Gasteiger partial charge is 0.333 e. The number of hydrogen-bond acceptors (Lipinski definition) is 1. The summed E-state index contributed by atoms with van der Waals surface area (Å²) in [6.07, 6.45) is 31.0. The van der Waals surface area contributed by atoms with Crippen molar-refractivity contribution in [3.05, 3.63) is 196 Å². The Bertz CT molecular complexity index is 2710. The first-order valence-corrected chi connectivity index (χ1v) is 21.3. The van der Waals surface area contributed by atoms with Crippen LogP contribution in [0, 0.1) is 11.3 Å². The Morgan fingerprint density at radius 1 is 0.571 bits per heavy atom. The normalized spacial score (nSPS) is 23.7. The minimum atomic E-state index is 0.252. The van der Waals surface area contributed by atoms with Crippen molar-refractivity contribution >= 4 is 33.1 Å². The monoisotopic (exact) mass is 724 g/mol. The van der Waals surface area contributed by atoms with Crippen molar-refractivity contribution in [2.45, 2.75) is 76.7 Å². The first kappa shape index (κ1) is 32.6. The summed E-state index contributed by atoms with van der Waals surface area (Å²) in [6.45, 7) is 0. The quantitative estimate of drug-likeness (QED) is 0.179. The van der Waals surface area contributed by atoms with Crippen LogP contribution in [0.5, 0.6) is 0 Å². The second kappa shape index (κ2) is 12.7. The summed E-state index contributed by atoms with van der Waals surface area (Å²) in [5.74, 6) is 0.569. The van der Waals surface area contributed by atoms with Crippen molar-refractivity contribution in [1.82, 2.24) is 4.57 Å². The molecule has 56 heavy (non-hydrogen) atoms.